The maximum Gasteiger partial charge on any atom is 0.265 e. The van der Waals surface area contributed by atoms with Crippen molar-refractivity contribution in [1.29, 1.82) is 0 Å². The monoisotopic (exact) mass is 332 g/mol. The first kappa shape index (κ1) is 16.0. The summed E-state index contributed by atoms with van der Waals surface area (Å²) in [5.74, 6) is -0.280. The van der Waals surface area contributed by atoms with E-state index in [0.29, 0.717) is 10.8 Å². The average Bonchev–Trinajstić information content (AvgIpc) is 3.06. The number of pyridine rings is 1. The van der Waals surface area contributed by atoms with Crippen LogP contribution in [0.1, 0.15) is 42.1 Å². The van der Waals surface area contributed by atoms with Gasteiger partial charge in [-0.15, -0.1) is 0 Å². The molecule has 0 unspecified atom stereocenters. The second-order valence-electron chi connectivity index (χ2n) is 6.01. The van der Waals surface area contributed by atoms with Crippen LogP contribution in [0.2, 0.25) is 0 Å². The number of carbonyl (C=O) groups excluding carboxylic acids is 1. The van der Waals surface area contributed by atoms with Crippen molar-refractivity contribution >= 4 is 28.7 Å². The zero-order valence-corrected chi connectivity index (χ0v) is 14.4. The Morgan fingerprint density at radius 2 is 2.04 bits per heavy atom. The second-order valence-corrected chi connectivity index (χ2v) is 6.78. The minimum atomic E-state index is -0.280. The van der Waals surface area contributed by atoms with E-state index < -0.39 is 0 Å². The molecule has 2 heterocycles. The normalized spacial score (nSPS) is 15.3. The molecule has 0 radical (unpaired) electrons. The molecular weight excluding hydrogens is 312 g/mol. The molecule has 0 aromatic carbocycles. The summed E-state index contributed by atoms with van der Waals surface area (Å²) in [6.45, 7) is 0. The summed E-state index contributed by atoms with van der Waals surface area (Å²) in [5, 5.41) is 1.37. The fourth-order valence-corrected chi connectivity index (χ4v) is 3.43. The summed E-state index contributed by atoms with van der Waals surface area (Å²) in [5.41, 5.74) is 0.584. The molecule has 2 aromatic heterocycles. The molecular formula is C16H20N4O2S. The summed E-state index contributed by atoms with van der Waals surface area (Å²) in [7, 11) is 3.30. The summed E-state index contributed by atoms with van der Waals surface area (Å²) in [6, 6.07) is 1.74. The lowest BCUT2D eigenvalue weighted by Gasteiger charge is -2.19. The van der Waals surface area contributed by atoms with E-state index in [2.05, 4.69) is 9.97 Å². The van der Waals surface area contributed by atoms with Gasteiger partial charge in [0.1, 0.15) is 11.2 Å². The first-order valence-corrected chi connectivity index (χ1v) is 8.93. The minimum absolute atomic E-state index is 0.115. The number of thioether (sulfide) groups is 1. The molecule has 0 aliphatic heterocycles. The van der Waals surface area contributed by atoms with E-state index in [1.165, 1.54) is 16.7 Å². The van der Waals surface area contributed by atoms with Crippen molar-refractivity contribution in [3.05, 3.63) is 28.2 Å². The molecule has 0 spiro atoms. The van der Waals surface area contributed by atoms with E-state index in [-0.39, 0.29) is 23.1 Å². The third-order valence-electron chi connectivity index (χ3n) is 4.26. The Kier molecular flexibility index (Phi) is 4.39. The van der Waals surface area contributed by atoms with Gasteiger partial charge in [0.05, 0.1) is 0 Å². The number of hydrogen-bond acceptors (Lipinski definition) is 5. The summed E-state index contributed by atoms with van der Waals surface area (Å²) in [6.07, 6.45) is 7.71. The molecule has 0 saturated heterocycles. The third kappa shape index (κ3) is 2.85. The van der Waals surface area contributed by atoms with E-state index in [1.54, 1.807) is 30.9 Å². The SMILES string of the molecule is CSc1ncc2cc(C(=O)N(C)C)c(=O)n(C3CCCC3)c2n1. The lowest BCUT2D eigenvalue weighted by atomic mass is 10.1. The molecule has 1 fully saturated rings. The zero-order valence-electron chi connectivity index (χ0n) is 13.6. The summed E-state index contributed by atoms with van der Waals surface area (Å²) in [4.78, 5) is 35.6. The van der Waals surface area contributed by atoms with Gasteiger partial charge in [-0.2, -0.15) is 0 Å². The van der Waals surface area contributed by atoms with Crippen molar-refractivity contribution in [2.24, 2.45) is 0 Å². The number of fused-ring (bicyclic) bond motifs is 1. The largest absolute Gasteiger partial charge is 0.345 e. The molecule has 2 aromatic rings. The van der Waals surface area contributed by atoms with Gasteiger partial charge in [0.25, 0.3) is 11.5 Å². The predicted octanol–water partition coefficient (Wildman–Crippen LogP) is 2.33. The molecule has 122 valence electrons. The number of rotatable bonds is 3. The van der Waals surface area contributed by atoms with Crippen molar-refractivity contribution in [2.75, 3.05) is 20.4 Å². The van der Waals surface area contributed by atoms with Crippen molar-refractivity contribution in [3.63, 3.8) is 0 Å². The highest BCUT2D eigenvalue weighted by atomic mass is 32.2. The number of amides is 1. The lowest BCUT2D eigenvalue weighted by molar-refractivity contribution is 0.0825. The molecule has 1 aliphatic carbocycles. The minimum Gasteiger partial charge on any atom is -0.345 e. The molecule has 0 bridgehead atoms. The van der Waals surface area contributed by atoms with Crippen LogP contribution in [0.3, 0.4) is 0 Å². The van der Waals surface area contributed by atoms with Gasteiger partial charge < -0.3 is 4.90 Å². The smallest absolute Gasteiger partial charge is 0.265 e. The van der Waals surface area contributed by atoms with Crippen molar-refractivity contribution in [3.8, 4) is 0 Å². The maximum absolute atomic E-state index is 13.0. The molecule has 3 rings (SSSR count). The van der Waals surface area contributed by atoms with E-state index in [0.717, 1.165) is 31.1 Å². The Morgan fingerprint density at radius 1 is 1.35 bits per heavy atom. The quantitative estimate of drug-likeness (QED) is 0.637. The zero-order chi connectivity index (χ0) is 16.6. The Morgan fingerprint density at radius 3 is 2.65 bits per heavy atom. The van der Waals surface area contributed by atoms with Crippen molar-refractivity contribution in [1.82, 2.24) is 19.4 Å². The summed E-state index contributed by atoms with van der Waals surface area (Å²) >= 11 is 1.44. The maximum atomic E-state index is 13.0. The molecule has 6 nitrogen and oxygen atoms in total. The second kappa shape index (κ2) is 6.31. The molecule has 1 amide bonds. The van der Waals surface area contributed by atoms with E-state index >= 15 is 0 Å². The third-order valence-corrected chi connectivity index (χ3v) is 4.82. The Balaban J connectivity index is 2.30. The van der Waals surface area contributed by atoms with Gasteiger partial charge in [0.15, 0.2) is 5.16 Å². The van der Waals surface area contributed by atoms with Crippen molar-refractivity contribution in [2.45, 2.75) is 36.9 Å². The van der Waals surface area contributed by atoms with Gasteiger partial charge >= 0.3 is 0 Å². The molecule has 0 atom stereocenters. The number of hydrogen-bond donors (Lipinski definition) is 0. The highest BCUT2D eigenvalue weighted by Gasteiger charge is 2.25. The Labute approximate surface area is 138 Å². The predicted molar refractivity (Wildman–Crippen MR) is 91.1 cm³/mol. The molecule has 23 heavy (non-hydrogen) atoms. The average molecular weight is 332 g/mol. The fraction of sp³-hybridized carbons (Fsp3) is 0.500. The Hall–Kier alpha value is -1.89. The van der Waals surface area contributed by atoms with E-state index in [1.807, 2.05) is 6.26 Å². The molecule has 0 N–H and O–H groups in total. The van der Waals surface area contributed by atoms with Crippen molar-refractivity contribution < 1.29 is 4.79 Å². The highest BCUT2D eigenvalue weighted by molar-refractivity contribution is 7.98. The van der Waals surface area contributed by atoms with Crippen LogP contribution in [0.4, 0.5) is 0 Å². The van der Waals surface area contributed by atoms with E-state index in [4.69, 9.17) is 0 Å². The number of nitrogens with zero attached hydrogens (tertiary/aromatic N) is 4. The topological polar surface area (TPSA) is 68.1 Å². The Bertz CT molecular complexity index is 810. The molecule has 1 saturated carbocycles. The first-order chi connectivity index (χ1) is 11.0. The van der Waals surface area contributed by atoms with Crippen LogP contribution >= 0.6 is 11.8 Å². The molecule has 7 heteroatoms. The number of carbonyl (C=O) groups is 1. The van der Waals surface area contributed by atoms with Crippen LogP contribution in [0.25, 0.3) is 11.0 Å². The number of aromatic nitrogens is 3. The van der Waals surface area contributed by atoms with Gasteiger partial charge in [-0.1, -0.05) is 24.6 Å². The van der Waals surface area contributed by atoms with Crippen LogP contribution < -0.4 is 5.56 Å². The summed E-state index contributed by atoms with van der Waals surface area (Å²) < 4.78 is 1.72. The van der Waals surface area contributed by atoms with E-state index in [9.17, 15) is 9.59 Å². The standard InChI is InChI=1S/C16H20N4O2S/c1-19(2)14(21)12-8-10-9-17-16(23-3)18-13(10)20(15(12)22)11-6-4-5-7-11/h8-9,11H,4-7H2,1-3H3. The van der Waals surface area contributed by atoms with Gasteiger partial charge in [-0.25, -0.2) is 9.97 Å². The first-order valence-electron chi connectivity index (χ1n) is 7.71. The van der Waals surface area contributed by atoms with Gasteiger partial charge in [0.2, 0.25) is 0 Å². The lowest BCUT2D eigenvalue weighted by Crippen LogP contribution is -2.34. The van der Waals surface area contributed by atoms with Gasteiger partial charge in [-0.05, 0) is 25.2 Å². The van der Waals surface area contributed by atoms with Crippen LogP contribution in [-0.2, 0) is 0 Å². The highest BCUT2D eigenvalue weighted by Crippen LogP contribution is 2.30. The van der Waals surface area contributed by atoms with Gasteiger partial charge in [0, 0.05) is 31.7 Å². The molecule has 1 aliphatic rings. The van der Waals surface area contributed by atoms with Crippen LogP contribution in [0.5, 0.6) is 0 Å². The fourth-order valence-electron chi connectivity index (χ4n) is 3.10. The van der Waals surface area contributed by atoms with Crippen LogP contribution in [0.15, 0.2) is 22.2 Å². The van der Waals surface area contributed by atoms with Crippen LogP contribution in [0, 0.1) is 0 Å². The van der Waals surface area contributed by atoms with Gasteiger partial charge in [-0.3, -0.25) is 14.2 Å². The van der Waals surface area contributed by atoms with Crippen LogP contribution in [-0.4, -0.2) is 45.7 Å².